The lowest BCUT2D eigenvalue weighted by molar-refractivity contribution is -0.483. The van der Waals surface area contributed by atoms with Gasteiger partial charge in [-0.25, -0.2) is 9.78 Å². The van der Waals surface area contributed by atoms with Crippen LogP contribution in [-0.4, -0.2) is 43.9 Å². The first-order valence-electron chi connectivity index (χ1n) is 8.77. The lowest BCUT2D eigenvalue weighted by Gasteiger charge is -2.41. The van der Waals surface area contributed by atoms with E-state index < -0.39 is 5.79 Å². The van der Waals surface area contributed by atoms with Crippen molar-refractivity contribution in [1.29, 1.82) is 0 Å². The summed E-state index contributed by atoms with van der Waals surface area (Å²) in [5.41, 5.74) is 1.63. The van der Waals surface area contributed by atoms with Gasteiger partial charge in [0.25, 0.3) is 0 Å². The molecule has 138 valence electrons. The molecular formula is C19H26O6. The topological polar surface area (TPSA) is 66.4 Å². The molecule has 1 heterocycles. The van der Waals surface area contributed by atoms with Gasteiger partial charge in [0.15, 0.2) is 11.5 Å². The number of aliphatic hydroxyl groups is 1. The van der Waals surface area contributed by atoms with Crippen LogP contribution in [0.1, 0.15) is 37.7 Å². The highest BCUT2D eigenvalue weighted by atomic mass is 17.2. The molecule has 1 aliphatic heterocycles. The van der Waals surface area contributed by atoms with Crippen LogP contribution in [-0.2, 0) is 14.5 Å². The minimum atomic E-state index is -0.575. The highest BCUT2D eigenvalue weighted by molar-refractivity contribution is 5.69. The molecule has 1 unspecified atom stereocenters. The third-order valence-electron chi connectivity index (χ3n) is 4.70. The number of benzene rings is 1. The van der Waals surface area contributed by atoms with Gasteiger partial charge in [-0.15, -0.1) is 0 Å². The van der Waals surface area contributed by atoms with Crippen LogP contribution in [0.3, 0.4) is 0 Å². The van der Waals surface area contributed by atoms with Crippen molar-refractivity contribution < 1.29 is 29.1 Å². The molecule has 1 N–H and O–H groups in total. The van der Waals surface area contributed by atoms with Crippen LogP contribution in [0.4, 0.5) is 0 Å². The zero-order valence-electron chi connectivity index (χ0n) is 14.7. The van der Waals surface area contributed by atoms with Crippen molar-refractivity contribution in [2.45, 2.75) is 44.0 Å². The zero-order chi connectivity index (χ0) is 17.7. The summed E-state index contributed by atoms with van der Waals surface area (Å²) in [6.45, 7) is 4.71. The summed E-state index contributed by atoms with van der Waals surface area (Å²) in [7, 11) is 1.57. The number of ether oxygens (including phenoxy) is 3. The molecule has 0 aromatic heterocycles. The molecule has 1 saturated carbocycles. The average Bonchev–Trinajstić information content (AvgIpc) is 2.67. The Morgan fingerprint density at radius 3 is 2.72 bits per heavy atom. The van der Waals surface area contributed by atoms with Crippen LogP contribution >= 0.6 is 0 Å². The number of hydrogen-bond acceptors (Lipinski definition) is 6. The maximum Gasteiger partial charge on any atom is 0.201 e. The average molecular weight is 350 g/mol. The van der Waals surface area contributed by atoms with Crippen molar-refractivity contribution >= 4 is 5.57 Å². The predicted octanol–water partition coefficient (Wildman–Crippen LogP) is 3.09. The van der Waals surface area contributed by atoms with E-state index in [9.17, 15) is 0 Å². The lowest BCUT2D eigenvalue weighted by atomic mass is 9.94. The van der Waals surface area contributed by atoms with Crippen molar-refractivity contribution in [2.24, 2.45) is 0 Å². The van der Waals surface area contributed by atoms with Gasteiger partial charge in [-0.2, -0.15) is 0 Å². The second-order valence-corrected chi connectivity index (χ2v) is 6.41. The summed E-state index contributed by atoms with van der Waals surface area (Å²) in [6, 6.07) is 5.51. The molecule has 6 heteroatoms. The fraction of sp³-hybridized carbons (Fsp3) is 0.579. The van der Waals surface area contributed by atoms with Crippen molar-refractivity contribution in [3.8, 4) is 11.5 Å². The van der Waals surface area contributed by atoms with Crippen molar-refractivity contribution in [2.75, 3.05) is 26.9 Å². The quantitative estimate of drug-likeness (QED) is 0.796. The lowest BCUT2D eigenvalue weighted by Crippen LogP contribution is -2.46. The van der Waals surface area contributed by atoms with Crippen LogP contribution < -0.4 is 9.47 Å². The van der Waals surface area contributed by atoms with Crippen molar-refractivity contribution in [1.82, 2.24) is 0 Å². The molecule has 1 saturated heterocycles. The van der Waals surface area contributed by atoms with Gasteiger partial charge < -0.3 is 19.3 Å². The summed E-state index contributed by atoms with van der Waals surface area (Å²) >= 11 is 0. The first-order chi connectivity index (χ1) is 12.2. The van der Waals surface area contributed by atoms with Gasteiger partial charge in [0.05, 0.1) is 20.3 Å². The summed E-state index contributed by atoms with van der Waals surface area (Å²) in [6.07, 6.45) is 4.80. The van der Waals surface area contributed by atoms with E-state index in [1.807, 2.05) is 12.1 Å². The van der Waals surface area contributed by atoms with E-state index in [0.717, 1.165) is 36.8 Å². The van der Waals surface area contributed by atoms with Gasteiger partial charge in [-0.1, -0.05) is 19.1 Å². The smallest absolute Gasteiger partial charge is 0.201 e. The number of hydrogen-bond donors (Lipinski definition) is 1. The Labute approximate surface area is 148 Å². The molecule has 6 nitrogen and oxygen atoms in total. The van der Waals surface area contributed by atoms with Crippen molar-refractivity contribution in [3.63, 3.8) is 0 Å². The number of methoxy groups -OCH3 is 1. The maximum absolute atomic E-state index is 8.88. The second-order valence-electron chi connectivity index (χ2n) is 6.41. The largest absolute Gasteiger partial charge is 0.493 e. The fourth-order valence-corrected chi connectivity index (χ4v) is 3.23. The van der Waals surface area contributed by atoms with Crippen molar-refractivity contribution in [3.05, 3.63) is 30.3 Å². The van der Waals surface area contributed by atoms with E-state index in [0.29, 0.717) is 18.1 Å². The molecule has 2 aliphatic rings. The van der Waals surface area contributed by atoms with Crippen LogP contribution in [0.2, 0.25) is 0 Å². The van der Waals surface area contributed by atoms with Gasteiger partial charge in [0, 0.05) is 12.8 Å². The summed E-state index contributed by atoms with van der Waals surface area (Å²) in [5, 5.41) is 8.88. The Morgan fingerprint density at radius 1 is 1.28 bits per heavy atom. The molecule has 1 aromatic rings. The Balaban J connectivity index is 1.65. The molecule has 0 radical (unpaired) electrons. The third kappa shape index (κ3) is 4.15. The molecule has 1 aliphatic carbocycles. The van der Waals surface area contributed by atoms with Crippen LogP contribution in [0.5, 0.6) is 11.5 Å². The second kappa shape index (κ2) is 8.19. The zero-order valence-corrected chi connectivity index (χ0v) is 14.7. The van der Waals surface area contributed by atoms with E-state index in [1.165, 1.54) is 6.42 Å². The van der Waals surface area contributed by atoms with Crippen LogP contribution in [0, 0.1) is 0 Å². The maximum atomic E-state index is 8.88. The van der Waals surface area contributed by atoms with Gasteiger partial charge >= 0.3 is 0 Å². The minimum Gasteiger partial charge on any atom is -0.493 e. The van der Waals surface area contributed by atoms with Crippen LogP contribution in [0.25, 0.3) is 5.57 Å². The van der Waals surface area contributed by atoms with E-state index in [1.54, 1.807) is 13.2 Å². The Kier molecular flexibility index (Phi) is 5.96. The molecule has 1 spiro atoms. The number of rotatable bonds is 6. The monoisotopic (exact) mass is 350 g/mol. The number of aliphatic hydroxyl groups excluding tert-OH is 1. The van der Waals surface area contributed by atoms with Gasteiger partial charge in [0.1, 0.15) is 12.7 Å². The van der Waals surface area contributed by atoms with E-state index in [-0.39, 0.29) is 19.3 Å². The Bertz CT molecular complexity index is 584. The summed E-state index contributed by atoms with van der Waals surface area (Å²) in [5.74, 6) is 0.578. The third-order valence-corrected chi connectivity index (χ3v) is 4.70. The predicted molar refractivity (Wildman–Crippen MR) is 92.3 cm³/mol. The normalized spacial score (nSPS) is 22.6. The van der Waals surface area contributed by atoms with E-state index in [2.05, 4.69) is 6.58 Å². The Morgan fingerprint density at radius 2 is 2.08 bits per heavy atom. The molecule has 1 aromatic carbocycles. The first kappa shape index (κ1) is 18.2. The standard InChI is InChI=1S/C19H26O6/c1-14(15-6-7-16(22-11-10-20)17(12-15)21-2)18-13-23-19(25-24-18)8-4-3-5-9-19/h6-7,12,18,20H,1,3-5,8-11,13H2,2H3. The molecule has 1 atom stereocenters. The highest BCUT2D eigenvalue weighted by Gasteiger charge is 2.41. The fourth-order valence-electron chi connectivity index (χ4n) is 3.23. The molecule has 0 amide bonds. The first-order valence-corrected chi connectivity index (χ1v) is 8.77. The summed E-state index contributed by atoms with van der Waals surface area (Å²) in [4.78, 5) is 11.3. The van der Waals surface area contributed by atoms with Gasteiger partial charge in [-0.05, 0) is 36.1 Å². The van der Waals surface area contributed by atoms with Gasteiger partial charge in [-0.3, -0.25) is 0 Å². The van der Waals surface area contributed by atoms with Gasteiger partial charge in [0.2, 0.25) is 5.79 Å². The minimum absolute atomic E-state index is 0.0516. The molecule has 3 rings (SSSR count). The molecule has 25 heavy (non-hydrogen) atoms. The molecule has 0 bridgehead atoms. The Hall–Kier alpha value is -1.60. The van der Waals surface area contributed by atoms with Crippen LogP contribution in [0.15, 0.2) is 24.8 Å². The summed E-state index contributed by atoms with van der Waals surface area (Å²) < 4.78 is 16.8. The molecular weight excluding hydrogens is 324 g/mol. The van der Waals surface area contributed by atoms with E-state index in [4.69, 9.17) is 29.1 Å². The highest BCUT2D eigenvalue weighted by Crippen LogP contribution is 2.38. The SMILES string of the molecule is C=C(c1ccc(OCCO)c(OC)c1)C1COC2(CCCCC2)OO1. The van der Waals surface area contributed by atoms with E-state index >= 15 is 0 Å². The molecule has 2 fully saturated rings.